The van der Waals surface area contributed by atoms with Crippen molar-refractivity contribution in [1.29, 1.82) is 0 Å². The summed E-state index contributed by atoms with van der Waals surface area (Å²) < 4.78 is 4.47. The average Bonchev–Trinajstić information content (AvgIpc) is 1.59. The zero-order chi connectivity index (χ0) is 7.49. The predicted octanol–water partition coefficient (Wildman–Crippen LogP) is 2.55. The predicted molar refractivity (Wildman–Crippen MR) is 46.7 cm³/mol. The third-order valence-corrected chi connectivity index (χ3v) is 1.68. The SMILES string of the molecule is CC(C)/C=N/[Si](C)(C)C. The van der Waals surface area contributed by atoms with E-state index in [1.54, 1.807) is 0 Å². The second-order valence-electron chi connectivity index (χ2n) is 3.69. The van der Waals surface area contributed by atoms with E-state index in [-0.39, 0.29) is 0 Å². The molecule has 0 heterocycles. The highest BCUT2D eigenvalue weighted by molar-refractivity contribution is 6.75. The van der Waals surface area contributed by atoms with Crippen LogP contribution >= 0.6 is 0 Å². The summed E-state index contributed by atoms with van der Waals surface area (Å²) in [7, 11) is -1.15. The van der Waals surface area contributed by atoms with Crippen molar-refractivity contribution in [3.63, 3.8) is 0 Å². The van der Waals surface area contributed by atoms with E-state index in [0.717, 1.165) is 0 Å². The standard InChI is InChI=1S/C7H17NSi/c1-7(2)6-8-9(3,4)5/h6-7H,1-5H3/b8-6+. The fourth-order valence-corrected chi connectivity index (χ4v) is 1.12. The van der Waals surface area contributed by atoms with Crippen molar-refractivity contribution in [2.45, 2.75) is 33.5 Å². The summed E-state index contributed by atoms with van der Waals surface area (Å²) in [5, 5.41) is 0. The van der Waals surface area contributed by atoms with Gasteiger partial charge in [0.05, 0.1) is 0 Å². The Balaban J connectivity index is 3.71. The summed E-state index contributed by atoms with van der Waals surface area (Å²) in [5.74, 6) is 0.608. The van der Waals surface area contributed by atoms with Gasteiger partial charge in [0, 0.05) is 0 Å². The first kappa shape index (κ1) is 8.89. The number of rotatable bonds is 2. The maximum atomic E-state index is 4.47. The lowest BCUT2D eigenvalue weighted by Gasteiger charge is -2.08. The van der Waals surface area contributed by atoms with Crippen LogP contribution in [-0.2, 0) is 0 Å². The van der Waals surface area contributed by atoms with Crippen LogP contribution in [0.2, 0.25) is 19.6 Å². The van der Waals surface area contributed by atoms with Crippen molar-refractivity contribution >= 4 is 14.5 Å². The lowest BCUT2D eigenvalue weighted by atomic mass is 10.3. The lowest BCUT2D eigenvalue weighted by Crippen LogP contribution is -2.17. The van der Waals surface area contributed by atoms with Gasteiger partial charge in [-0.1, -0.05) is 13.8 Å². The Hall–Kier alpha value is -0.113. The molecule has 0 aromatic rings. The van der Waals surface area contributed by atoms with Crippen molar-refractivity contribution in [2.75, 3.05) is 0 Å². The first-order chi connectivity index (χ1) is 3.92. The summed E-state index contributed by atoms with van der Waals surface area (Å²) in [6, 6.07) is 0. The van der Waals surface area contributed by atoms with Crippen LogP contribution in [0.15, 0.2) is 4.66 Å². The van der Waals surface area contributed by atoms with Crippen LogP contribution in [-0.4, -0.2) is 14.5 Å². The second kappa shape index (κ2) is 3.16. The summed E-state index contributed by atoms with van der Waals surface area (Å²) in [6.45, 7) is 11.0. The maximum Gasteiger partial charge on any atom is 0.171 e. The molecular weight excluding hydrogens is 126 g/mol. The Kier molecular flexibility index (Phi) is 3.12. The number of hydrogen-bond acceptors (Lipinski definition) is 1. The van der Waals surface area contributed by atoms with Gasteiger partial charge in [0.25, 0.3) is 0 Å². The van der Waals surface area contributed by atoms with Gasteiger partial charge >= 0.3 is 0 Å². The van der Waals surface area contributed by atoms with Crippen molar-refractivity contribution in [2.24, 2.45) is 10.6 Å². The van der Waals surface area contributed by atoms with E-state index < -0.39 is 8.24 Å². The Morgan fingerprint density at radius 1 is 1.22 bits per heavy atom. The van der Waals surface area contributed by atoms with Gasteiger partial charge in [-0.3, -0.25) is 0 Å². The van der Waals surface area contributed by atoms with Crippen molar-refractivity contribution in [1.82, 2.24) is 0 Å². The van der Waals surface area contributed by atoms with Gasteiger partial charge in [-0.25, -0.2) is 0 Å². The van der Waals surface area contributed by atoms with Gasteiger partial charge in [0.1, 0.15) is 0 Å². The van der Waals surface area contributed by atoms with Gasteiger partial charge in [-0.05, 0) is 31.8 Å². The monoisotopic (exact) mass is 143 g/mol. The molecule has 0 saturated carbocycles. The van der Waals surface area contributed by atoms with E-state index in [2.05, 4.69) is 44.4 Å². The number of nitrogens with zero attached hydrogens (tertiary/aromatic N) is 1. The molecule has 0 saturated heterocycles. The molecule has 2 heteroatoms. The van der Waals surface area contributed by atoms with E-state index in [0.29, 0.717) is 5.92 Å². The van der Waals surface area contributed by atoms with Gasteiger partial charge in [-0.2, -0.15) is 0 Å². The summed E-state index contributed by atoms with van der Waals surface area (Å²) in [6.07, 6.45) is 2.06. The fraction of sp³-hybridized carbons (Fsp3) is 0.857. The van der Waals surface area contributed by atoms with Gasteiger partial charge in [-0.15, -0.1) is 0 Å². The van der Waals surface area contributed by atoms with Crippen molar-refractivity contribution < 1.29 is 0 Å². The zero-order valence-electron chi connectivity index (χ0n) is 7.10. The quantitative estimate of drug-likeness (QED) is 0.416. The highest BCUT2D eigenvalue weighted by Crippen LogP contribution is 2.01. The lowest BCUT2D eigenvalue weighted by molar-refractivity contribution is 0.909. The normalized spacial score (nSPS) is 13.6. The molecule has 0 atom stereocenters. The molecule has 0 aliphatic heterocycles. The minimum atomic E-state index is -1.15. The molecule has 0 unspecified atom stereocenters. The molecule has 0 amide bonds. The van der Waals surface area contributed by atoms with Gasteiger partial charge in [0.2, 0.25) is 0 Å². The highest BCUT2D eigenvalue weighted by Gasteiger charge is 2.08. The molecule has 1 nitrogen and oxygen atoms in total. The Morgan fingerprint density at radius 3 is 1.78 bits per heavy atom. The smallest absolute Gasteiger partial charge is 0.171 e. The minimum absolute atomic E-state index is 0.608. The molecule has 0 rings (SSSR count). The van der Waals surface area contributed by atoms with Gasteiger partial charge < -0.3 is 4.66 Å². The topological polar surface area (TPSA) is 12.4 Å². The van der Waals surface area contributed by atoms with E-state index in [1.807, 2.05) is 0 Å². The first-order valence-electron chi connectivity index (χ1n) is 3.47. The molecule has 0 bridgehead atoms. The van der Waals surface area contributed by atoms with Gasteiger partial charge in [0.15, 0.2) is 8.24 Å². The first-order valence-corrected chi connectivity index (χ1v) is 6.92. The average molecular weight is 143 g/mol. The largest absolute Gasteiger partial charge is 0.333 e. The minimum Gasteiger partial charge on any atom is -0.333 e. The highest BCUT2D eigenvalue weighted by atomic mass is 28.3. The third kappa shape index (κ3) is 7.89. The molecule has 0 N–H and O–H groups in total. The molecule has 0 radical (unpaired) electrons. The Labute approximate surface area is 59.3 Å². The van der Waals surface area contributed by atoms with E-state index in [9.17, 15) is 0 Å². The van der Waals surface area contributed by atoms with Crippen LogP contribution in [0.1, 0.15) is 13.8 Å². The summed E-state index contributed by atoms with van der Waals surface area (Å²) >= 11 is 0. The zero-order valence-corrected chi connectivity index (χ0v) is 8.10. The molecule has 0 aliphatic carbocycles. The molecule has 9 heavy (non-hydrogen) atoms. The van der Waals surface area contributed by atoms with Crippen LogP contribution in [0.3, 0.4) is 0 Å². The fourth-order valence-electron chi connectivity index (χ4n) is 0.373. The summed E-state index contributed by atoms with van der Waals surface area (Å²) in [5.41, 5.74) is 0. The molecule has 0 aromatic carbocycles. The van der Waals surface area contributed by atoms with Crippen LogP contribution in [0.5, 0.6) is 0 Å². The van der Waals surface area contributed by atoms with Crippen LogP contribution in [0.25, 0.3) is 0 Å². The Morgan fingerprint density at radius 2 is 1.67 bits per heavy atom. The van der Waals surface area contributed by atoms with Crippen LogP contribution in [0, 0.1) is 5.92 Å². The van der Waals surface area contributed by atoms with Crippen LogP contribution in [0.4, 0.5) is 0 Å². The molecule has 0 aromatic heterocycles. The van der Waals surface area contributed by atoms with Crippen molar-refractivity contribution in [3.8, 4) is 0 Å². The molecule has 54 valence electrons. The van der Waals surface area contributed by atoms with E-state index >= 15 is 0 Å². The Bertz CT molecular complexity index is 100.0. The molecule has 0 spiro atoms. The van der Waals surface area contributed by atoms with E-state index in [1.165, 1.54) is 0 Å². The molecule has 0 aliphatic rings. The van der Waals surface area contributed by atoms with Crippen LogP contribution < -0.4 is 0 Å². The van der Waals surface area contributed by atoms with E-state index in [4.69, 9.17) is 0 Å². The van der Waals surface area contributed by atoms with Crippen molar-refractivity contribution in [3.05, 3.63) is 0 Å². The number of hydrogen-bond donors (Lipinski definition) is 0. The second-order valence-corrected chi connectivity index (χ2v) is 8.29. The molecule has 0 fully saturated rings. The maximum absolute atomic E-state index is 4.47. The third-order valence-electron chi connectivity index (χ3n) is 0.760. The molecular formula is C7H17NSi. The summed E-state index contributed by atoms with van der Waals surface area (Å²) in [4.78, 5) is 0.